The number of benzene rings is 2. The standard InChI is InChI=1S/C21H19N3O/c1-14-12-16-8-7-11-18(19-13-22-23(3)15(19)2)20(16)21(25)24(14)17-9-5-4-6-10-17/h4-13H,1-3H3. The lowest BCUT2D eigenvalue weighted by Crippen LogP contribution is -2.21. The molecule has 0 saturated heterocycles. The number of nitrogens with zero attached hydrogens (tertiary/aromatic N) is 3. The summed E-state index contributed by atoms with van der Waals surface area (Å²) in [5, 5.41) is 6.02. The Morgan fingerprint density at radius 1 is 0.920 bits per heavy atom. The van der Waals surface area contributed by atoms with Gasteiger partial charge in [0.1, 0.15) is 0 Å². The molecule has 2 heterocycles. The van der Waals surface area contributed by atoms with Crippen molar-refractivity contribution >= 4 is 10.8 Å². The maximum atomic E-state index is 13.4. The van der Waals surface area contributed by atoms with E-state index in [1.165, 1.54) is 0 Å². The van der Waals surface area contributed by atoms with Gasteiger partial charge in [-0.15, -0.1) is 0 Å². The van der Waals surface area contributed by atoms with Crippen LogP contribution in [0.3, 0.4) is 0 Å². The van der Waals surface area contributed by atoms with E-state index in [9.17, 15) is 4.79 Å². The molecule has 0 aliphatic rings. The second kappa shape index (κ2) is 5.74. The van der Waals surface area contributed by atoms with Crippen LogP contribution in [-0.4, -0.2) is 14.3 Å². The molecule has 4 heteroatoms. The Morgan fingerprint density at radius 2 is 1.68 bits per heavy atom. The van der Waals surface area contributed by atoms with E-state index in [2.05, 4.69) is 11.2 Å². The first-order valence-corrected chi connectivity index (χ1v) is 8.27. The Balaban J connectivity index is 2.11. The number of hydrogen-bond donors (Lipinski definition) is 0. The average molecular weight is 329 g/mol. The molecule has 0 unspecified atom stereocenters. The van der Waals surface area contributed by atoms with Crippen LogP contribution >= 0.6 is 0 Å². The SMILES string of the molecule is Cc1c(-c2cccc3cc(C)n(-c4ccccc4)c(=O)c23)cnn1C. The second-order valence-electron chi connectivity index (χ2n) is 6.30. The number of pyridine rings is 1. The molecule has 4 aromatic rings. The highest BCUT2D eigenvalue weighted by molar-refractivity contribution is 5.96. The molecule has 0 spiro atoms. The van der Waals surface area contributed by atoms with Gasteiger partial charge in [0.2, 0.25) is 0 Å². The van der Waals surface area contributed by atoms with Gasteiger partial charge in [0.25, 0.3) is 5.56 Å². The molecule has 0 atom stereocenters. The topological polar surface area (TPSA) is 39.8 Å². The number of para-hydroxylation sites is 1. The van der Waals surface area contributed by atoms with E-state index < -0.39 is 0 Å². The molecule has 0 aliphatic carbocycles. The predicted octanol–water partition coefficient (Wildman–Crippen LogP) is 4.01. The maximum Gasteiger partial charge on any atom is 0.263 e. The molecule has 2 aromatic heterocycles. The van der Waals surface area contributed by atoms with Crippen LogP contribution in [0.1, 0.15) is 11.4 Å². The van der Waals surface area contributed by atoms with Crippen LogP contribution in [0.5, 0.6) is 0 Å². The van der Waals surface area contributed by atoms with Crippen molar-refractivity contribution in [3.05, 3.63) is 82.5 Å². The largest absolute Gasteiger partial charge is 0.281 e. The van der Waals surface area contributed by atoms with E-state index in [1.54, 1.807) is 4.57 Å². The fourth-order valence-corrected chi connectivity index (χ4v) is 3.38. The third-order valence-corrected chi connectivity index (χ3v) is 4.77. The van der Waals surface area contributed by atoms with E-state index in [0.29, 0.717) is 0 Å². The van der Waals surface area contributed by atoms with Gasteiger partial charge in [0.05, 0.1) is 11.6 Å². The fourth-order valence-electron chi connectivity index (χ4n) is 3.38. The molecule has 0 radical (unpaired) electrons. The molecular formula is C21H19N3O. The molecule has 0 N–H and O–H groups in total. The molecule has 0 bridgehead atoms. The summed E-state index contributed by atoms with van der Waals surface area (Å²) < 4.78 is 3.61. The molecule has 124 valence electrons. The zero-order chi connectivity index (χ0) is 17.6. The maximum absolute atomic E-state index is 13.4. The van der Waals surface area contributed by atoms with Crippen molar-refractivity contribution in [2.24, 2.45) is 7.05 Å². The summed E-state index contributed by atoms with van der Waals surface area (Å²) >= 11 is 0. The number of hydrogen-bond acceptors (Lipinski definition) is 2. The van der Waals surface area contributed by atoms with E-state index in [-0.39, 0.29) is 5.56 Å². The summed E-state index contributed by atoms with van der Waals surface area (Å²) in [6.45, 7) is 3.99. The van der Waals surface area contributed by atoms with Crippen LogP contribution in [0.15, 0.2) is 65.6 Å². The lowest BCUT2D eigenvalue weighted by atomic mass is 9.99. The fraction of sp³-hybridized carbons (Fsp3) is 0.143. The van der Waals surface area contributed by atoms with Crippen LogP contribution in [0.4, 0.5) is 0 Å². The molecule has 4 nitrogen and oxygen atoms in total. The lowest BCUT2D eigenvalue weighted by molar-refractivity contribution is 0.740. The van der Waals surface area contributed by atoms with E-state index in [1.807, 2.05) is 80.3 Å². The molecule has 0 saturated carbocycles. The summed E-state index contributed by atoms with van der Waals surface area (Å²) in [6, 6.07) is 17.8. The van der Waals surface area contributed by atoms with Crippen LogP contribution in [-0.2, 0) is 7.05 Å². The number of rotatable bonds is 2. The van der Waals surface area contributed by atoms with Crippen LogP contribution in [0, 0.1) is 13.8 Å². The number of fused-ring (bicyclic) bond motifs is 1. The van der Waals surface area contributed by atoms with Gasteiger partial charge in [-0.25, -0.2) is 0 Å². The minimum Gasteiger partial charge on any atom is -0.281 e. The summed E-state index contributed by atoms with van der Waals surface area (Å²) in [5.41, 5.74) is 4.76. The highest BCUT2D eigenvalue weighted by atomic mass is 16.1. The molecule has 0 fully saturated rings. The van der Waals surface area contributed by atoms with Crippen LogP contribution < -0.4 is 5.56 Å². The second-order valence-corrected chi connectivity index (χ2v) is 6.30. The molecule has 0 amide bonds. The van der Waals surface area contributed by atoms with Gasteiger partial charge < -0.3 is 0 Å². The summed E-state index contributed by atoms with van der Waals surface area (Å²) in [6.07, 6.45) is 1.83. The molecule has 25 heavy (non-hydrogen) atoms. The molecule has 4 rings (SSSR count). The van der Waals surface area contributed by atoms with Gasteiger partial charge in [0.15, 0.2) is 0 Å². The van der Waals surface area contributed by atoms with Gasteiger partial charge >= 0.3 is 0 Å². The Bertz CT molecular complexity index is 1140. The summed E-state index contributed by atoms with van der Waals surface area (Å²) in [4.78, 5) is 13.4. The Morgan fingerprint density at radius 3 is 2.36 bits per heavy atom. The number of aryl methyl sites for hydroxylation is 2. The van der Waals surface area contributed by atoms with Crippen molar-refractivity contribution in [1.82, 2.24) is 14.3 Å². The normalized spacial score (nSPS) is 11.2. The van der Waals surface area contributed by atoms with Crippen molar-refractivity contribution < 1.29 is 0 Å². The monoisotopic (exact) mass is 329 g/mol. The van der Waals surface area contributed by atoms with Crippen molar-refractivity contribution in [2.75, 3.05) is 0 Å². The number of aromatic nitrogens is 3. The third kappa shape index (κ3) is 2.38. The van der Waals surface area contributed by atoms with Crippen LogP contribution in [0.2, 0.25) is 0 Å². The highest BCUT2D eigenvalue weighted by Crippen LogP contribution is 2.29. The smallest absolute Gasteiger partial charge is 0.263 e. The Kier molecular flexibility index (Phi) is 3.53. The Hall–Kier alpha value is -3.14. The van der Waals surface area contributed by atoms with Crippen LogP contribution in [0.25, 0.3) is 27.6 Å². The lowest BCUT2D eigenvalue weighted by Gasteiger charge is -2.14. The van der Waals surface area contributed by atoms with Gasteiger partial charge in [0, 0.05) is 29.7 Å². The predicted molar refractivity (Wildman–Crippen MR) is 101 cm³/mol. The zero-order valence-corrected chi connectivity index (χ0v) is 14.5. The van der Waals surface area contributed by atoms with E-state index in [4.69, 9.17) is 0 Å². The average Bonchev–Trinajstić information content (AvgIpc) is 2.94. The minimum absolute atomic E-state index is 0.0000491. The van der Waals surface area contributed by atoms with Gasteiger partial charge in [-0.2, -0.15) is 5.10 Å². The highest BCUT2D eigenvalue weighted by Gasteiger charge is 2.15. The van der Waals surface area contributed by atoms with Crippen molar-refractivity contribution in [3.8, 4) is 16.8 Å². The summed E-state index contributed by atoms with van der Waals surface area (Å²) in [7, 11) is 1.91. The van der Waals surface area contributed by atoms with Gasteiger partial charge in [-0.3, -0.25) is 14.0 Å². The first kappa shape index (κ1) is 15.4. The minimum atomic E-state index is 0.0000491. The first-order chi connectivity index (χ1) is 12.1. The van der Waals surface area contributed by atoms with Crippen molar-refractivity contribution in [3.63, 3.8) is 0 Å². The van der Waals surface area contributed by atoms with E-state index in [0.717, 1.165) is 39.0 Å². The zero-order valence-electron chi connectivity index (χ0n) is 14.5. The molecular weight excluding hydrogens is 310 g/mol. The van der Waals surface area contributed by atoms with E-state index >= 15 is 0 Å². The van der Waals surface area contributed by atoms with Gasteiger partial charge in [-0.05, 0) is 43.0 Å². The quantitative estimate of drug-likeness (QED) is 0.557. The van der Waals surface area contributed by atoms with Crippen molar-refractivity contribution in [1.29, 1.82) is 0 Å². The third-order valence-electron chi connectivity index (χ3n) is 4.77. The van der Waals surface area contributed by atoms with Crippen molar-refractivity contribution in [2.45, 2.75) is 13.8 Å². The van der Waals surface area contributed by atoms with Gasteiger partial charge in [-0.1, -0.05) is 36.4 Å². The Labute approximate surface area is 146 Å². The summed E-state index contributed by atoms with van der Waals surface area (Å²) in [5.74, 6) is 0. The first-order valence-electron chi connectivity index (χ1n) is 8.27. The molecule has 0 aliphatic heterocycles. The molecule has 2 aromatic carbocycles.